The van der Waals surface area contributed by atoms with Gasteiger partial charge in [0.2, 0.25) is 5.91 Å². The lowest BCUT2D eigenvalue weighted by Gasteiger charge is -2.15. The molecule has 76 valence electrons. The summed E-state index contributed by atoms with van der Waals surface area (Å²) in [5, 5.41) is 2.98. The fourth-order valence-corrected chi connectivity index (χ4v) is 2.55. The summed E-state index contributed by atoms with van der Waals surface area (Å²) >= 11 is 1.89. The number of carbonyl (C=O) groups excluding carboxylic acids is 1. The van der Waals surface area contributed by atoms with E-state index < -0.39 is 0 Å². The number of hydrogen-bond donors (Lipinski definition) is 2. The van der Waals surface area contributed by atoms with Crippen LogP contribution in [-0.4, -0.2) is 29.5 Å². The summed E-state index contributed by atoms with van der Waals surface area (Å²) in [6, 6.07) is 0.0519. The second-order valence-corrected chi connectivity index (χ2v) is 4.61. The Bertz CT molecular complexity index is 169. The standard InChI is InChI=1S/C9H18N2OS/c1-2-3-8(10)9(12)11-7-4-5-13-6-7/h7-8H,2-6,10H2,1H3,(H,11,12)/t7?,8-/m0/s1. The first kappa shape index (κ1) is 10.9. The van der Waals surface area contributed by atoms with Gasteiger partial charge in [-0.15, -0.1) is 0 Å². The van der Waals surface area contributed by atoms with Crippen molar-refractivity contribution in [2.75, 3.05) is 11.5 Å². The molecule has 1 aliphatic rings. The third-order valence-corrected chi connectivity index (χ3v) is 3.37. The molecule has 0 aromatic carbocycles. The number of rotatable bonds is 4. The summed E-state index contributed by atoms with van der Waals surface area (Å²) in [5.41, 5.74) is 5.69. The first-order chi connectivity index (χ1) is 6.24. The van der Waals surface area contributed by atoms with Crippen LogP contribution in [0.4, 0.5) is 0 Å². The highest BCUT2D eigenvalue weighted by Gasteiger charge is 2.20. The van der Waals surface area contributed by atoms with E-state index in [1.165, 1.54) is 0 Å². The van der Waals surface area contributed by atoms with Gasteiger partial charge in [0, 0.05) is 11.8 Å². The maximum absolute atomic E-state index is 11.4. The molecule has 1 rings (SSSR count). The lowest BCUT2D eigenvalue weighted by atomic mass is 10.1. The Morgan fingerprint density at radius 3 is 3.08 bits per heavy atom. The molecule has 1 fully saturated rings. The van der Waals surface area contributed by atoms with Crippen LogP contribution in [0.2, 0.25) is 0 Å². The average molecular weight is 202 g/mol. The topological polar surface area (TPSA) is 55.1 Å². The molecule has 0 aromatic heterocycles. The molecular weight excluding hydrogens is 184 g/mol. The minimum atomic E-state index is -0.310. The smallest absolute Gasteiger partial charge is 0.237 e. The molecule has 3 nitrogen and oxygen atoms in total. The Hall–Kier alpha value is -0.220. The van der Waals surface area contributed by atoms with Gasteiger partial charge in [-0.1, -0.05) is 13.3 Å². The van der Waals surface area contributed by atoms with E-state index in [0.717, 1.165) is 30.8 Å². The van der Waals surface area contributed by atoms with E-state index >= 15 is 0 Å². The van der Waals surface area contributed by atoms with Gasteiger partial charge in [0.1, 0.15) is 0 Å². The number of amides is 1. The summed E-state index contributed by atoms with van der Waals surface area (Å²) in [6.07, 6.45) is 2.84. The van der Waals surface area contributed by atoms with E-state index in [4.69, 9.17) is 5.73 Å². The Labute approximate surface area is 83.8 Å². The number of hydrogen-bond acceptors (Lipinski definition) is 3. The van der Waals surface area contributed by atoms with E-state index in [-0.39, 0.29) is 11.9 Å². The van der Waals surface area contributed by atoms with Crippen molar-refractivity contribution < 1.29 is 4.79 Å². The van der Waals surface area contributed by atoms with Crippen LogP contribution >= 0.6 is 11.8 Å². The summed E-state index contributed by atoms with van der Waals surface area (Å²) in [7, 11) is 0. The number of nitrogens with two attached hydrogens (primary N) is 1. The first-order valence-electron chi connectivity index (χ1n) is 4.87. The van der Waals surface area contributed by atoms with Gasteiger partial charge in [-0.25, -0.2) is 0 Å². The normalized spacial score (nSPS) is 24.3. The molecule has 13 heavy (non-hydrogen) atoms. The maximum atomic E-state index is 11.4. The van der Waals surface area contributed by atoms with Crippen molar-refractivity contribution in [2.24, 2.45) is 5.73 Å². The molecule has 1 aliphatic heterocycles. The van der Waals surface area contributed by atoms with Crippen LogP contribution in [0.3, 0.4) is 0 Å². The zero-order valence-electron chi connectivity index (χ0n) is 8.08. The molecule has 3 N–H and O–H groups in total. The van der Waals surface area contributed by atoms with Crippen molar-refractivity contribution >= 4 is 17.7 Å². The van der Waals surface area contributed by atoms with Gasteiger partial charge in [0.15, 0.2) is 0 Å². The van der Waals surface area contributed by atoms with Gasteiger partial charge >= 0.3 is 0 Å². The van der Waals surface area contributed by atoms with E-state index in [0.29, 0.717) is 6.04 Å². The summed E-state index contributed by atoms with van der Waals surface area (Å²) in [5.74, 6) is 2.23. The zero-order chi connectivity index (χ0) is 9.68. The van der Waals surface area contributed by atoms with Crippen molar-refractivity contribution in [1.29, 1.82) is 0 Å². The molecule has 1 unspecified atom stereocenters. The maximum Gasteiger partial charge on any atom is 0.237 e. The fourth-order valence-electron chi connectivity index (χ4n) is 1.40. The van der Waals surface area contributed by atoms with Crippen LogP contribution in [0.1, 0.15) is 26.2 Å². The van der Waals surface area contributed by atoms with Crippen LogP contribution < -0.4 is 11.1 Å². The van der Waals surface area contributed by atoms with E-state index in [1.807, 2.05) is 18.7 Å². The van der Waals surface area contributed by atoms with E-state index in [1.54, 1.807) is 0 Å². The molecule has 0 aliphatic carbocycles. The largest absolute Gasteiger partial charge is 0.351 e. The Balaban J connectivity index is 2.22. The molecular formula is C9H18N2OS. The Kier molecular flexibility index (Phi) is 4.59. The fraction of sp³-hybridized carbons (Fsp3) is 0.889. The van der Waals surface area contributed by atoms with Crippen molar-refractivity contribution in [3.63, 3.8) is 0 Å². The van der Waals surface area contributed by atoms with Crippen molar-refractivity contribution in [2.45, 2.75) is 38.3 Å². The van der Waals surface area contributed by atoms with Crippen LogP contribution in [0.25, 0.3) is 0 Å². The van der Waals surface area contributed by atoms with Crippen molar-refractivity contribution in [3.8, 4) is 0 Å². The average Bonchev–Trinajstić information content (AvgIpc) is 2.57. The highest BCUT2D eigenvalue weighted by Crippen LogP contribution is 2.16. The molecule has 1 saturated heterocycles. The Morgan fingerprint density at radius 1 is 1.77 bits per heavy atom. The van der Waals surface area contributed by atoms with Crippen molar-refractivity contribution in [1.82, 2.24) is 5.32 Å². The summed E-state index contributed by atoms with van der Waals surface area (Å²) in [6.45, 7) is 2.04. The van der Waals surface area contributed by atoms with Crippen LogP contribution in [0.15, 0.2) is 0 Å². The monoisotopic (exact) mass is 202 g/mol. The molecule has 0 spiro atoms. The predicted molar refractivity (Wildman–Crippen MR) is 56.8 cm³/mol. The lowest BCUT2D eigenvalue weighted by Crippen LogP contribution is -2.45. The van der Waals surface area contributed by atoms with Gasteiger partial charge in [0.05, 0.1) is 6.04 Å². The van der Waals surface area contributed by atoms with Crippen molar-refractivity contribution in [3.05, 3.63) is 0 Å². The van der Waals surface area contributed by atoms with Gasteiger partial charge < -0.3 is 11.1 Å². The lowest BCUT2D eigenvalue weighted by molar-refractivity contribution is -0.123. The SMILES string of the molecule is CCC[C@H](N)C(=O)NC1CCSC1. The third kappa shape index (κ3) is 3.56. The second-order valence-electron chi connectivity index (χ2n) is 3.46. The third-order valence-electron chi connectivity index (χ3n) is 2.21. The van der Waals surface area contributed by atoms with Gasteiger partial charge in [-0.2, -0.15) is 11.8 Å². The molecule has 4 heteroatoms. The van der Waals surface area contributed by atoms with E-state index in [2.05, 4.69) is 5.32 Å². The van der Waals surface area contributed by atoms with Gasteiger partial charge in [-0.05, 0) is 18.6 Å². The molecule has 1 heterocycles. The number of thioether (sulfide) groups is 1. The quantitative estimate of drug-likeness (QED) is 0.707. The molecule has 2 atom stereocenters. The zero-order valence-corrected chi connectivity index (χ0v) is 8.90. The van der Waals surface area contributed by atoms with Gasteiger partial charge in [0.25, 0.3) is 0 Å². The molecule has 0 aromatic rings. The second kappa shape index (κ2) is 5.50. The summed E-state index contributed by atoms with van der Waals surface area (Å²) in [4.78, 5) is 11.4. The minimum Gasteiger partial charge on any atom is -0.351 e. The first-order valence-corrected chi connectivity index (χ1v) is 6.03. The molecule has 1 amide bonds. The van der Waals surface area contributed by atoms with Crippen LogP contribution in [0.5, 0.6) is 0 Å². The molecule has 0 saturated carbocycles. The van der Waals surface area contributed by atoms with E-state index in [9.17, 15) is 4.79 Å². The summed E-state index contributed by atoms with van der Waals surface area (Å²) < 4.78 is 0. The predicted octanol–water partition coefficient (Wildman–Crippen LogP) is 0.735. The van der Waals surface area contributed by atoms with Crippen LogP contribution in [-0.2, 0) is 4.79 Å². The van der Waals surface area contributed by atoms with Gasteiger partial charge in [-0.3, -0.25) is 4.79 Å². The molecule has 0 bridgehead atoms. The number of nitrogens with one attached hydrogen (secondary N) is 1. The highest BCUT2D eigenvalue weighted by atomic mass is 32.2. The highest BCUT2D eigenvalue weighted by molar-refractivity contribution is 7.99. The number of carbonyl (C=O) groups is 1. The molecule has 0 radical (unpaired) electrons. The Morgan fingerprint density at radius 2 is 2.54 bits per heavy atom. The van der Waals surface area contributed by atoms with Crippen LogP contribution in [0, 0.1) is 0 Å². The minimum absolute atomic E-state index is 0.0225.